The number of H-pyrrole nitrogens is 1. The Hall–Kier alpha value is -2.30. The average Bonchev–Trinajstić information content (AvgIpc) is 2.74. The van der Waals surface area contributed by atoms with Gasteiger partial charge in [-0.05, 0) is 13.8 Å². The molecule has 2 rings (SSSR count). The molecule has 1 aromatic heterocycles. The molecule has 2 heterocycles. The van der Waals surface area contributed by atoms with Crippen LogP contribution in [0.4, 0.5) is 0 Å². The Morgan fingerprint density at radius 2 is 2.04 bits per heavy atom. The van der Waals surface area contributed by atoms with E-state index in [1.165, 1.54) is 6.92 Å². The van der Waals surface area contributed by atoms with Crippen molar-refractivity contribution in [1.82, 2.24) is 9.55 Å². The Morgan fingerprint density at radius 3 is 2.58 bits per heavy atom. The second kappa shape index (κ2) is 6.30. The standard InChI is InChI=1S/C14H18N2O8/c1-6-4-16(13(21)15-11(6)20)12-10(19)14(22,7(2)17)9(24-12)5-23-8(3)18/h4,9-10,12,19,22H,5H2,1-3H3,(H,15,20,21)/t9-,10+,12-,14-/m1/s1. The fourth-order valence-electron chi connectivity index (χ4n) is 2.54. The molecule has 0 amide bonds. The third-order valence-corrected chi connectivity index (χ3v) is 3.94. The van der Waals surface area contributed by atoms with Crippen LogP contribution in [-0.4, -0.2) is 55.9 Å². The summed E-state index contributed by atoms with van der Waals surface area (Å²) in [4.78, 5) is 48.2. The highest BCUT2D eigenvalue weighted by atomic mass is 16.6. The molecule has 1 aliphatic heterocycles. The number of carbonyl (C=O) groups excluding carboxylic acids is 2. The van der Waals surface area contributed by atoms with E-state index in [1.807, 2.05) is 4.98 Å². The van der Waals surface area contributed by atoms with Gasteiger partial charge in [-0.3, -0.25) is 23.9 Å². The van der Waals surface area contributed by atoms with Crippen molar-refractivity contribution in [2.75, 3.05) is 6.61 Å². The highest BCUT2D eigenvalue weighted by Gasteiger charge is 2.59. The number of ketones is 1. The maximum absolute atomic E-state index is 11.9. The summed E-state index contributed by atoms with van der Waals surface area (Å²) in [6, 6.07) is 0. The minimum Gasteiger partial charge on any atom is -0.463 e. The molecule has 10 nitrogen and oxygen atoms in total. The third-order valence-electron chi connectivity index (χ3n) is 3.94. The SMILES string of the molecule is CC(=O)OC[C@H]1O[C@@H](n2cc(C)c(=O)[nH]c2=O)[C@H](O)[C@@]1(O)C(C)=O. The first-order valence-corrected chi connectivity index (χ1v) is 7.11. The number of aryl methyl sites for hydroxylation is 1. The van der Waals surface area contributed by atoms with E-state index >= 15 is 0 Å². The first-order chi connectivity index (χ1) is 11.1. The summed E-state index contributed by atoms with van der Waals surface area (Å²) in [7, 11) is 0. The normalized spacial score (nSPS) is 29.5. The summed E-state index contributed by atoms with van der Waals surface area (Å²) >= 11 is 0. The lowest BCUT2D eigenvalue weighted by Gasteiger charge is -2.27. The predicted octanol–water partition coefficient (Wildman–Crippen LogP) is -2.01. The van der Waals surface area contributed by atoms with Crippen LogP contribution in [0.2, 0.25) is 0 Å². The maximum Gasteiger partial charge on any atom is 0.330 e. The van der Waals surface area contributed by atoms with Gasteiger partial charge in [-0.2, -0.15) is 0 Å². The van der Waals surface area contributed by atoms with Crippen molar-refractivity contribution < 1.29 is 29.3 Å². The average molecular weight is 342 g/mol. The minimum atomic E-state index is -2.37. The molecule has 1 aromatic rings. The summed E-state index contributed by atoms with van der Waals surface area (Å²) < 4.78 is 11.0. The summed E-state index contributed by atoms with van der Waals surface area (Å²) in [6.45, 7) is 3.11. The van der Waals surface area contributed by atoms with E-state index in [2.05, 4.69) is 0 Å². The van der Waals surface area contributed by atoms with E-state index in [0.717, 1.165) is 24.6 Å². The van der Waals surface area contributed by atoms with Crippen LogP contribution in [0, 0.1) is 6.92 Å². The van der Waals surface area contributed by atoms with Crippen molar-refractivity contribution in [3.63, 3.8) is 0 Å². The molecule has 24 heavy (non-hydrogen) atoms. The molecule has 0 unspecified atom stereocenters. The van der Waals surface area contributed by atoms with Crippen LogP contribution in [0.1, 0.15) is 25.6 Å². The quantitative estimate of drug-likeness (QED) is 0.531. The predicted molar refractivity (Wildman–Crippen MR) is 78.2 cm³/mol. The van der Waals surface area contributed by atoms with Crippen LogP contribution in [0.15, 0.2) is 15.8 Å². The lowest BCUT2D eigenvalue weighted by Crippen LogP contribution is -2.55. The number of ether oxygens (including phenoxy) is 2. The van der Waals surface area contributed by atoms with Crippen molar-refractivity contribution in [1.29, 1.82) is 0 Å². The van der Waals surface area contributed by atoms with E-state index in [1.54, 1.807) is 0 Å². The molecule has 3 N–H and O–H groups in total. The molecule has 1 fully saturated rings. The lowest BCUT2D eigenvalue weighted by atomic mass is 9.88. The molecular weight excluding hydrogens is 324 g/mol. The lowest BCUT2D eigenvalue weighted by molar-refractivity contribution is -0.160. The minimum absolute atomic E-state index is 0.167. The van der Waals surface area contributed by atoms with Crippen LogP contribution < -0.4 is 11.2 Å². The van der Waals surface area contributed by atoms with Crippen molar-refractivity contribution in [2.24, 2.45) is 0 Å². The van der Waals surface area contributed by atoms with Gasteiger partial charge in [0.05, 0.1) is 0 Å². The number of hydrogen-bond donors (Lipinski definition) is 3. The number of esters is 1. The van der Waals surface area contributed by atoms with Gasteiger partial charge in [0.25, 0.3) is 5.56 Å². The Labute approximate surface area is 135 Å². The fraction of sp³-hybridized carbons (Fsp3) is 0.571. The molecule has 0 spiro atoms. The van der Waals surface area contributed by atoms with Gasteiger partial charge in [0.15, 0.2) is 17.6 Å². The molecule has 4 atom stereocenters. The topological polar surface area (TPSA) is 148 Å². The number of aliphatic hydroxyl groups excluding tert-OH is 1. The number of aliphatic hydroxyl groups is 2. The molecule has 0 saturated carbocycles. The first-order valence-electron chi connectivity index (χ1n) is 7.11. The molecule has 132 valence electrons. The van der Waals surface area contributed by atoms with Crippen LogP contribution in [0.25, 0.3) is 0 Å². The van der Waals surface area contributed by atoms with Gasteiger partial charge in [-0.25, -0.2) is 4.79 Å². The fourth-order valence-corrected chi connectivity index (χ4v) is 2.54. The van der Waals surface area contributed by atoms with E-state index in [9.17, 15) is 29.4 Å². The van der Waals surface area contributed by atoms with E-state index in [-0.39, 0.29) is 5.56 Å². The van der Waals surface area contributed by atoms with Gasteiger partial charge in [-0.15, -0.1) is 0 Å². The second-order valence-corrected chi connectivity index (χ2v) is 5.62. The van der Waals surface area contributed by atoms with Gasteiger partial charge in [0, 0.05) is 18.7 Å². The van der Waals surface area contributed by atoms with Crippen molar-refractivity contribution in [3.8, 4) is 0 Å². The second-order valence-electron chi connectivity index (χ2n) is 5.62. The molecular formula is C14H18N2O8. The number of aromatic amines is 1. The summed E-state index contributed by atoms with van der Waals surface area (Å²) in [6.07, 6.45) is -3.48. The largest absolute Gasteiger partial charge is 0.463 e. The summed E-state index contributed by atoms with van der Waals surface area (Å²) in [5.41, 5.74) is -3.69. The zero-order valence-corrected chi connectivity index (χ0v) is 13.3. The number of Topliss-reactive ketones (excluding diaryl/α,β-unsaturated/α-hetero) is 1. The molecule has 0 bridgehead atoms. The van der Waals surface area contributed by atoms with Crippen LogP contribution in [0.3, 0.4) is 0 Å². The Bertz CT molecular complexity index is 782. The smallest absolute Gasteiger partial charge is 0.330 e. The third kappa shape index (κ3) is 2.90. The van der Waals surface area contributed by atoms with Gasteiger partial charge < -0.3 is 19.7 Å². The summed E-state index contributed by atoms with van der Waals surface area (Å²) in [5, 5.41) is 20.9. The van der Waals surface area contributed by atoms with E-state index in [0.29, 0.717) is 0 Å². The van der Waals surface area contributed by atoms with Gasteiger partial charge >= 0.3 is 11.7 Å². The molecule has 0 aromatic carbocycles. The number of nitrogens with one attached hydrogen (secondary N) is 1. The molecule has 0 radical (unpaired) electrons. The highest BCUT2D eigenvalue weighted by Crippen LogP contribution is 2.37. The Morgan fingerprint density at radius 1 is 1.42 bits per heavy atom. The number of nitrogens with zero attached hydrogens (tertiary/aromatic N) is 1. The number of rotatable bonds is 4. The van der Waals surface area contributed by atoms with Crippen LogP contribution >= 0.6 is 0 Å². The summed E-state index contributed by atoms with van der Waals surface area (Å²) in [5.74, 6) is -1.48. The van der Waals surface area contributed by atoms with Crippen molar-refractivity contribution in [2.45, 2.75) is 44.8 Å². The Balaban J connectivity index is 2.45. The monoisotopic (exact) mass is 342 g/mol. The molecule has 10 heteroatoms. The number of aromatic nitrogens is 2. The van der Waals surface area contributed by atoms with Gasteiger partial charge in [0.1, 0.15) is 18.8 Å². The van der Waals surface area contributed by atoms with Gasteiger partial charge in [0.2, 0.25) is 0 Å². The highest BCUT2D eigenvalue weighted by molar-refractivity contribution is 5.86. The number of hydrogen-bond acceptors (Lipinski definition) is 8. The Kier molecular flexibility index (Phi) is 4.74. The van der Waals surface area contributed by atoms with Crippen LogP contribution in [-0.2, 0) is 19.1 Å². The van der Waals surface area contributed by atoms with E-state index in [4.69, 9.17) is 9.47 Å². The van der Waals surface area contributed by atoms with Crippen molar-refractivity contribution >= 4 is 11.8 Å². The van der Waals surface area contributed by atoms with Crippen LogP contribution in [0.5, 0.6) is 0 Å². The van der Waals surface area contributed by atoms with Crippen molar-refractivity contribution in [3.05, 3.63) is 32.6 Å². The molecule has 0 aliphatic carbocycles. The maximum atomic E-state index is 11.9. The molecule has 1 aliphatic rings. The zero-order valence-electron chi connectivity index (χ0n) is 13.3. The van der Waals surface area contributed by atoms with E-state index < -0.39 is 53.6 Å². The zero-order chi connectivity index (χ0) is 18.2. The molecule has 1 saturated heterocycles. The van der Waals surface area contributed by atoms with Gasteiger partial charge in [-0.1, -0.05) is 0 Å². The number of carbonyl (C=O) groups is 2. The first kappa shape index (κ1) is 18.0.